The summed E-state index contributed by atoms with van der Waals surface area (Å²) in [4.78, 5) is 3.49. The number of nitrogens with zero attached hydrogens (tertiary/aromatic N) is 1. The van der Waals surface area contributed by atoms with Crippen molar-refractivity contribution in [1.29, 1.82) is 0 Å². The van der Waals surface area contributed by atoms with Crippen LogP contribution in [0.3, 0.4) is 0 Å². The van der Waals surface area contributed by atoms with Crippen molar-refractivity contribution >= 4 is 11.6 Å². The molecule has 0 aliphatic heterocycles. The van der Waals surface area contributed by atoms with E-state index in [0.717, 1.165) is 18.4 Å². The molecule has 2 N–H and O–H groups in total. The van der Waals surface area contributed by atoms with Crippen LogP contribution >= 0.6 is 11.6 Å². The van der Waals surface area contributed by atoms with Gasteiger partial charge in [-0.2, -0.15) is 4.39 Å². The second-order valence-electron chi connectivity index (χ2n) is 2.51. The third-order valence-electron chi connectivity index (χ3n) is 1.52. The Balaban J connectivity index is 2.69. The van der Waals surface area contributed by atoms with Crippen LogP contribution in [0.25, 0.3) is 0 Å². The molecule has 0 aliphatic rings. The van der Waals surface area contributed by atoms with Crippen LogP contribution in [-0.2, 0) is 6.42 Å². The van der Waals surface area contributed by atoms with E-state index < -0.39 is 5.95 Å². The first-order chi connectivity index (χ1) is 5.74. The number of pyridine rings is 1. The lowest BCUT2D eigenvalue weighted by Crippen LogP contribution is -2.00. The minimum atomic E-state index is -0.617. The lowest BCUT2D eigenvalue weighted by atomic mass is 10.2. The van der Waals surface area contributed by atoms with E-state index in [4.69, 9.17) is 17.3 Å². The Morgan fingerprint density at radius 3 is 2.92 bits per heavy atom. The molecule has 1 aromatic heterocycles. The van der Waals surface area contributed by atoms with Gasteiger partial charge in [-0.15, -0.1) is 0 Å². The monoisotopic (exact) mass is 188 g/mol. The molecule has 1 aromatic rings. The average Bonchev–Trinajstić information content (AvgIpc) is 2.07. The summed E-state index contributed by atoms with van der Waals surface area (Å²) in [6, 6.07) is 1.58. The molecule has 0 bridgehead atoms. The number of halogens is 2. The maximum atomic E-state index is 12.6. The molecule has 0 aromatic carbocycles. The number of aromatic nitrogens is 1. The van der Waals surface area contributed by atoms with Crippen LogP contribution in [0.15, 0.2) is 12.3 Å². The van der Waals surface area contributed by atoms with Gasteiger partial charge in [0.25, 0.3) is 0 Å². The highest BCUT2D eigenvalue weighted by Crippen LogP contribution is 2.14. The van der Waals surface area contributed by atoms with Crippen molar-refractivity contribution < 1.29 is 4.39 Å². The Morgan fingerprint density at radius 2 is 2.33 bits per heavy atom. The van der Waals surface area contributed by atoms with Crippen LogP contribution in [0.2, 0.25) is 5.02 Å². The van der Waals surface area contributed by atoms with Gasteiger partial charge in [0.05, 0.1) is 5.02 Å². The van der Waals surface area contributed by atoms with Gasteiger partial charge >= 0.3 is 0 Å². The van der Waals surface area contributed by atoms with Gasteiger partial charge in [0.2, 0.25) is 5.95 Å². The van der Waals surface area contributed by atoms with E-state index in [9.17, 15) is 4.39 Å². The third kappa shape index (κ3) is 2.43. The van der Waals surface area contributed by atoms with Gasteiger partial charge in [0, 0.05) is 6.20 Å². The highest BCUT2D eigenvalue weighted by molar-refractivity contribution is 6.30. The SMILES string of the molecule is NCCCc1cnc(F)c(Cl)c1. The zero-order chi connectivity index (χ0) is 8.97. The molecule has 2 nitrogen and oxygen atoms in total. The maximum absolute atomic E-state index is 12.6. The van der Waals surface area contributed by atoms with Crippen molar-refractivity contribution in [2.24, 2.45) is 5.73 Å². The van der Waals surface area contributed by atoms with E-state index >= 15 is 0 Å². The van der Waals surface area contributed by atoms with Crippen molar-refractivity contribution in [2.45, 2.75) is 12.8 Å². The Labute approximate surface area is 75.6 Å². The summed E-state index contributed by atoms with van der Waals surface area (Å²) in [6.07, 6.45) is 3.14. The lowest BCUT2D eigenvalue weighted by molar-refractivity contribution is 0.582. The summed E-state index contributed by atoms with van der Waals surface area (Å²) < 4.78 is 12.6. The summed E-state index contributed by atoms with van der Waals surface area (Å²) in [6.45, 7) is 0.620. The van der Waals surface area contributed by atoms with Crippen molar-refractivity contribution in [2.75, 3.05) is 6.54 Å². The molecule has 0 saturated carbocycles. The van der Waals surface area contributed by atoms with Crippen LogP contribution in [0.5, 0.6) is 0 Å². The fourth-order valence-electron chi connectivity index (χ4n) is 0.904. The first-order valence-electron chi connectivity index (χ1n) is 3.74. The molecule has 1 rings (SSSR count). The Morgan fingerprint density at radius 1 is 1.58 bits per heavy atom. The summed E-state index contributed by atoms with van der Waals surface area (Å²) >= 11 is 5.52. The second kappa shape index (κ2) is 4.38. The highest BCUT2D eigenvalue weighted by atomic mass is 35.5. The molecule has 12 heavy (non-hydrogen) atoms. The number of nitrogens with two attached hydrogens (primary N) is 1. The van der Waals surface area contributed by atoms with Crippen molar-refractivity contribution in [3.63, 3.8) is 0 Å². The van der Waals surface area contributed by atoms with E-state index in [-0.39, 0.29) is 5.02 Å². The summed E-state index contributed by atoms with van der Waals surface area (Å²) in [5, 5.41) is 0.0736. The van der Waals surface area contributed by atoms with Crippen molar-refractivity contribution in [1.82, 2.24) is 4.98 Å². The summed E-state index contributed by atoms with van der Waals surface area (Å²) in [7, 11) is 0. The molecule has 4 heteroatoms. The molecule has 0 spiro atoms. The Kier molecular flexibility index (Phi) is 3.44. The highest BCUT2D eigenvalue weighted by Gasteiger charge is 2.01. The molecule has 0 amide bonds. The molecule has 0 saturated heterocycles. The molecule has 66 valence electrons. The number of rotatable bonds is 3. The lowest BCUT2D eigenvalue weighted by Gasteiger charge is -1.99. The smallest absolute Gasteiger partial charge is 0.231 e. The van der Waals surface area contributed by atoms with Crippen molar-refractivity contribution in [3.8, 4) is 0 Å². The minimum Gasteiger partial charge on any atom is -0.330 e. The first kappa shape index (κ1) is 9.42. The normalized spacial score (nSPS) is 10.2. The molecule has 0 atom stereocenters. The first-order valence-corrected chi connectivity index (χ1v) is 4.12. The Hall–Kier alpha value is -0.670. The van der Waals surface area contributed by atoms with Gasteiger partial charge in [0.15, 0.2) is 0 Å². The van der Waals surface area contributed by atoms with E-state index in [2.05, 4.69) is 4.98 Å². The summed E-state index contributed by atoms with van der Waals surface area (Å²) in [5.74, 6) is -0.617. The molecule has 0 unspecified atom stereocenters. The molecular weight excluding hydrogens is 179 g/mol. The van der Waals surface area contributed by atoms with Gasteiger partial charge in [-0.1, -0.05) is 11.6 Å². The van der Waals surface area contributed by atoms with Gasteiger partial charge in [0.1, 0.15) is 0 Å². The average molecular weight is 189 g/mol. The molecule has 0 aliphatic carbocycles. The summed E-state index contributed by atoms with van der Waals surface area (Å²) in [5.41, 5.74) is 6.24. The topological polar surface area (TPSA) is 38.9 Å². The van der Waals surface area contributed by atoms with Crippen LogP contribution < -0.4 is 5.73 Å². The standard InChI is InChI=1S/C8H10ClFN2/c9-7-4-6(2-1-3-11)5-12-8(7)10/h4-5H,1-3,11H2. The maximum Gasteiger partial charge on any atom is 0.231 e. The van der Waals surface area contributed by atoms with E-state index in [1.54, 1.807) is 6.07 Å². The zero-order valence-corrected chi connectivity index (χ0v) is 7.31. The fourth-order valence-corrected chi connectivity index (χ4v) is 1.09. The molecule has 1 heterocycles. The van der Waals surface area contributed by atoms with E-state index in [1.807, 2.05) is 0 Å². The Bertz CT molecular complexity index is 265. The molecule has 0 fully saturated rings. The van der Waals surface area contributed by atoms with Crippen LogP contribution in [0, 0.1) is 5.95 Å². The fraction of sp³-hybridized carbons (Fsp3) is 0.375. The van der Waals surface area contributed by atoms with E-state index in [1.165, 1.54) is 6.20 Å². The van der Waals surface area contributed by atoms with Gasteiger partial charge in [-0.3, -0.25) is 0 Å². The van der Waals surface area contributed by atoms with Gasteiger partial charge in [-0.05, 0) is 31.0 Å². The second-order valence-corrected chi connectivity index (χ2v) is 2.92. The van der Waals surface area contributed by atoms with Crippen molar-refractivity contribution in [3.05, 3.63) is 28.8 Å². The number of aryl methyl sites for hydroxylation is 1. The molecular formula is C8H10ClFN2. The number of hydrogen-bond acceptors (Lipinski definition) is 2. The predicted octanol–water partition coefficient (Wildman–Crippen LogP) is 1.77. The molecule has 0 radical (unpaired) electrons. The van der Waals surface area contributed by atoms with Gasteiger partial charge in [-0.25, -0.2) is 4.98 Å². The predicted molar refractivity (Wildman–Crippen MR) is 46.6 cm³/mol. The van der Waals surface area contributed by atoms with E-state index in [0.29, 0.717) is 6.54 Å². The quantitative estimate of drug-likeness (QED) is 0.735. The van der Waals surface area contributed by atoms with Gasteiger partial charge < -0.3 is 5.73 Å². The van der Waals surface area contributed by atoms with Crippen LogP contribution in [0.4, 0.5) is 4.39 Å². The van der Waals surface area contributed by atoms with Crippen LogP contribution in [0.1, 0.15) is 12.0 Å². The largest absolute Gasteiger partial charge is 0.330 e. The van der Waals surface area contributed by atoms with Crippen LogP contribution in [-0.4, -0.2) is 11.5 Å². The third-order valence-corrected chi connectivity index (χ3v) is 1.79. The number of hydrogen-bond donors (Lipinski definition) is 1. The zero-order valence-electron chi connectivity index (χ0n) is 6.56. The minimum absolute atomic E-state index is 0.0736.